The third-order valence-corrected chi connectivity index (χ3v) is 7.89. The fraction of sp³-hybridized carbons (Fsp3) is 0.182. The lowest BCUT2D eigenvalue weighted by Crippen LogP contribution is -2.51. The monoisotopic (exact) mass is 628 g/mol. The van der Waals surface area contributed by atoms with Crippen molar-refractivity contribution in [3.8, 4) is 11.1 Å². The largest absolute Gasteiger partial charge is 0.478 e. The maximum Gasteiger partial charge on any atom is 0.407 e. The highest BCUT2D eigenvalue weighted by molar-refractivity contribution is 9.10. The molecule has 0 aromatic heterocycles. The van der Waals surface area contributed by atoms with Gasteiger partial charge in [0.15, 0.2) is 0 Å². The smallest absolute Gasteiger partial charge is 0.407 e. The van der Waals surface area contributed by atoms with Crippen molar-refractivity contribution >= 4 is 39.6 Å². The molecule has 1 aliphatic rings. The zero-order chi connectivity index (χ0) is 29.6. The van der Waals surface area contributed by atoms with Gasteiger partial charge in [-0.2, -0.15) is 0 Å². The van der Waals surface area contributed by atoms with E-state index in [2.05, 4.69) is 38.7 Å². The minimum atomic E-state index is -1.15. The summed E-state index contributed by atoms with van der Waals surface area (Å²) < 4.78 is 12.1. The Balaban J connectivity index is 1.31. The lowest BCUT2D eigenvalue weighted by molar-refractivity contribution is -0.122. The third kappa shape index (κ3) is 6.53. The predicted molar refractivity (Wildman–Crippen MR) is 162 cm³/mol. The van der Waals surface area contributed by atoms with Crippen LogP contribution in [0.1, 0.15) is 39.9 Å². The van der Waals surface area contributed by atoms with Crippen LogP contribution in [0.4, 0.5) is 10.5 Å². The number of halogens is 1. The average molecular weight is 630 g/mol. The standard InChI is InChI=1S/C33H29BrN2O6/c1-20(41-18-21-9-3-2-4-10-21)30(31(37)35-29-17-22(32(38)39)15-16-28(29)34)36-33(40)42-19-27-25-13-7-5-11-23(25)24-12-6-8-14-26(24)27/h2-17,20,27,30H,18-19H2,1H3,(H,35,37)(H,36,40)(H,38,39)/t20-,30+/m0/s1. The van der Waals surface area contributed by atoms with Crippen molar-refractivity contribution in [3.05, 3.63) is 124 Å². The minimum absolute atomic E-state index is 0.00270. The number of benzene rings is 4. The van der Waals surface area contributed by atoms with E-state index in [4.69, 9.17) is 9.47 Å². The van der Waals surface area contributed by atoms with Crippen LogP contribution in [-0.4, -0.2) is 41.8 Å². The van der Waals surface area contributed by atoms with Crippen molar-refractivity contribution in [2.75, 3.05) is 11.9 Å². The number of amides is 2. The van der Waals surface area contributed by atoms with Gasteiger partial charge in [0.25, 0.3) is 0 Å². The molecule has 0 bridgehead atoms. The fourth-order valence-corrected chi connectivity index (χ4v) is 5.37. The Morgan fingerprint density at radius 3 is 2.14 bits per heavy atom. The Morgan fingerprint density at radius 1 is 0.881 bits per heavy atom. The molecule has 9 heteroatoms. The van der Waals surface area contributed by atoms with Crippen LogP contribution in [0.25, 0.3) is 11.1 Å². The number of alkyl carbamates (subject to hydrolysis) is 1. The van der Waals surface area contributed by atoms with Crippen molar-refractivity contribution in [2.45, 2.75) is 31.6 Å². The molecule has 0 saturated carbocycles. The number of ether oxygens (including phenoxy) is 2. The van der Waals surface area contributed by atoms with E-state index in [0.29, 0.717) is 4.47 Å². The highest BCUT2D eigenvalue weighted by Gasteiger charge is 2.32. The number of carboxylic acid groups (broad SMARTS) is 1. The number of nitrogens with one attached hydrogen (secondary N) is 2. The van der Waals surface area contributed by atoms with Gasteiger partial charge in [-0.25, -0.2) is 9.59 Å². The molecule has 1 aliphatic carbocycles. The summed E-state index contributed by atoms with van der Waals surface area (Å²) in [7, 11) is 0. The summed E-state index contributed by atoms with van der Waals surface area (Å²) in [4.78, 5) is 38.1. The van der Waals surface area contributed by atoms with Gasteiger partial charge in [-0.1, -0.05) is 78.9 Å². The van der Waals surface area contributed by atoms with Gasteiger partial charge in [0.1, 0.15) is 12.6 Å². The van der Waals surface area contributed by atoms with Gasteiger partial charge in [0.2, 0.25) is 5.91 Å². The number of carbonyl (C=O) groups is 3. The van der Waals surface area contributed by atoms with Crippen molar-refractivity contribution < 1.29 is 29.0 Å². The molecule has 2 amide bonds. The Morgan fingerprint density at radius 2 is 1.50 bits per heavy atom. The molecule has 0 saturated heterocycles. The molecule has 42 heavy (non-hydrogen) atoms. The van der Waals surface area contributed by atoms with Gasteiger partial charge in [-0.05, 0) is 68.9 Å². The number of hydrogen-bond donors (Lipinski definition) is 3. The van der Waals surface area contributed by atoms with E-state index in [0.717, 1.165) is 27.8 Å². The Labute approximate surface area is 251 Å². The minimum Gasteiger partial charge on any atom is -0.478 e. The zero-order valence-electron chi connectivity index (χ0n) is 22.8. The number of hydrogen-bond acceptors (Lipinski definition) is 5. The van der Waals surface area contributed by atoms with Crippen LogP contribution in [0.5, 0.6) is 0 Å². The van der Waals surface area contributed by atoms with Crippen molar-refractivity contribution in [3.63, 3.8) is 0 Å². The number of fused-ring (bicyclic) bond motifs is 3. The third-order valence-electron chi connectivity index (χ3n) is 7.20. The van der Waals surface area contributed by atoms with E-state index >= 15 is 0 Å². The van der Waals surface area contributed by atoms with Gasteiger partial charge in [0.05, 0.1) is 24.0 Å². The normalized spacial score (nSPS) is 13.4. The molecular formula is C33H29BrN2O6. The lowest BCUT2D eigenvalue weighted by Gasteiger charge is -2.25. The molecular weight excluding hydrogens is 600 g/mol. The molecule has 0 heterocycles. The second kappa shape index (κ2) is 13.0. The Bertz CT molecular complexity index is 1560. The molecule has 3 N–H and O–H groups in total. The maximum absolute atomic E-state index is 13.5. The first-order valence-electron chi connectivity index (χ1n) is 13.4. The molecule has 2 atom stereocenters. The summed E-state index contributed by atoms with van der Waals surface area (Å²) in [6.45, 7) is 1.98. The van der Waals surface area contributed by atoms with Crippen LogP contribution in [-0.2, 0) is 20.9 Å². The van der Waals surface area contributed by atoms with Crippen molar-refractivity contribution in [1.29, 1.82) is 0 Å². The van der Waals surface area contributed by atoms with E-state index in [9.17, 15) is 19.5 Å². The van der Waals surface area contributed by atoms with Gasteiger partial charge >= 0.3 is 12.1 Å². The summed E-state index contributed by atoms with van der Waals surface area (Å²) >= 11 is 3.34. The van der Waals surface area contributed by atoms with E-state index in [1.807, 2.05) is 66.7 Å². The number of rotatable bonds is 10. The van der Waals surface area contributed by atoms with E-state index in [1.165, 1.54) is 18.2 Å². The van der Waals surface area contributed by atoms with Gasteiger partial charge < -0.3 is 25.2 Å². The molecule has 0 radical (unpaired) electrons. The van der Waals surface area contributed by atoms with E-state index < -0.39 is 30.1 Å². The van der Waals surface area contributed by atoms with Crippen LogP contribution in [0, 0.1) is 0 Å². The van der Waals surface area contributed by atoms with Gasteiger partial charge in [-0.3, -0.25) is 4.79 Å². The summed E-state index contributed by atoms with van der Waals surface area (Å²) in [5.74, 6) is -1.87. The van der Waals surface area contributed by atoms with Crippen LogP contribution < -0.4 is 10.6 Å². The summed E-state index contributed by atoms with van der Waals surface area (Å²) in [5, 5.41) is 14.8. The average Bonchev–Trinajstić information content (AvgIpc) is 3.32. The molecule has 4 aromatic rings. The molecule has 0 unspecified atom stereocenters. The van der Waals surface area contributed by atoms with E-state index in [-0.39, 0.29) is 30.4 Å². The number of aromatic carboxylic acids is 1. The molecule has 8 nitrogen and oxygen atoms in total. The summed E-state index contributed by atoms with van der Waals surface area (Å²) in [6.07, 6.45) is -1.53. The topological polar surface area (TPSA) is 114 Å². The number of carboxylic acids is 1. The second-order valence-corrected chi connectivity index (χ2v) is 10.8. The van der Waals surface area contributed by atoms with Crippen LogP contribution in [0.2, 0.25) is 0 Å². The second-order valence-electron chi connectivity index (χ2n) is 9.94. The summed E-state index contributed by atoms with van der Waals surface area (Å²) in [6, 6.07) is 28.6. The fourth-order valence-electron chi connectivity index (χ4n) is 5.03. The first-order chi connectivity index (χ1) is 20.3. The van der Waals surface area contributed by atoms with Crippen molar-refractivity contribution in [2.24, 2.45) is 0 Å². The Hall–Kier alpha value is -4.47. The maximum atomic E-state index is 13.5. The molecule has 0 spiro atoms. The molecule has 0 fully saturated rings. The predicted octanol–water partition coefficient (Wildman–Crippen LogP) is 6.60. The zero-order valence-corrected chi connectivity index (χ0v) is 24.3. The Kier molecular flexibility index (Phi) is 9.00. The van der Waals surface area contributed by atoms with Crippen LogP contribution >= 0.6 is 15.9 Å². The number of carbonyl (C=O) groups excluding carboxylic acids is 2. The number of anilines is 1. The van der Waals surface area contributed by atoms with Crippen LogP contribution in [0.15, 0.2) is 102 Å². The first-order valence-corrected chi connectivity index (χ1v) is 14.2. The molecule has 5 rings (SSSR count). The SMILES string of the molecule is C[C@H](OCc1ccccc1)[C@@H](NC(=O)OCC1c2ccccc2-c2ccccc21)C(=O)Nc1cc(C(=O)O)ccc1Br. The van der Waals surface area contributed by atoms with E-state index in [1.54, 1.807) is 6.92 Å². The van der Waals surface area contributed by atoms with Crippen molar-refractivity contribution in [1.82, 2.24) is 5.32 Å². The molecule has 0 aliphatic heterocycles. The van der Waals surface area contributed by atoms with Gasteiger partial charge in [0, 0.05) is 10.4 Å². The molecule has 4 aromatic carbocycles. The van der Waals surface area contributed by atoms with Crippen LogP contribution in [0.3, 0.4) is 0 Å². The highest BCUT2D eigenvalue weighted by Crippen LogP contribution is 2.44. The van der Waals surface area contributed by atoms with Gasteiger partial charge in [-0.15, -0.1) is 0 Å². The lowest BCUT2D eigenvalue weighted by atomic mass is 9.98. The highest BCUT2D eigenvalue weighted by atomic mass is 79.9. The summed E-state index contributed by atoms with van der Waals surface area (Å²) in [5.41, 5.74) is 5.51. The quantitative estimate of drug-likeness (QED) is 0.182. The first kappa shape index (κ1) is 29.0. The molecule has 214 valence electrons.